The molecule has 0 aromatic carbocycles. The molecule has 4 heteroatoms. The number of hydrogen-bond acceptors (Lipinski definition) is 4. The van der Waals surface area contributed by atoms with E-state index in [2.05, 4.69) is 6.92 Å². The molecule has 3 aliphatic carbocycles. The van der Waals surface area contributed by atoms with Crippen LogP contribution in [-0.2, 0) is 19.1 Å². The van der Waals surface area contributed by atoms with Crippen molar-refractivity contribution in [1.82, 2.24) is 0 Å². The number of rotatable bonds is 5. The fraction of sp³-hybridized carbons (Fsp3) is 0.913. The lowest BCUT2D eigenvalue weighted by Gasteiger charge is -2.34. The summed E-state index contributed by atoms with van der Waals surface area (Å²) in [5, 5.41) is 0. The monoisotopic (exact) mass is 378 g/mol. The molecule has 3 rings (SSSR count). The zero-order chi connectivity index (χ0) is 19.2. The highest BCUT2D eigenvalue weighted by Crippen LogP contribution is 2.38. The van der Waals surface area contributed by atoms with Crippen LogP contribution in [0.3, 0.4) is 0 Å². The molecule has 2 atom stereocenters. The average Bonchev–Trinajstić information content (AvgIpc) is 2.70. The zero-order valence-corrected chi connectivity index (χ0v) is 17.3. The van der Waals surface area contributed by atoms with Gasteiger partial charge in [0.1, 0.15) is 6.10 Å². The Morgan fingerprint density at radius 1 is 0.778 bits per heavy atom. The zero-order valence-electron chi connectivity index (χ0n) is 17.3. The van der Waals surface area contributed by atoms with E-state index in [0.29, 0.717) is 6.42 Å². The summed E-state index contributed by atoms with van der Waals surface area (Å²) < 4.78 is 10.7. The van der Waals surface area contributed by atoms with Crippen LogP contribution in [-0.4, -0.2) is 25.2 Å². The first-order valence-electron chi connectivity index (χ1n) is 11.3. The normalized spacial score (nSPS) is 37.4. The van der Waals surface area contributed by atoms with Gasteiger partial charge in [-0.25, -0.2) is 0 Å². The van der Waals surface area contributed by atoms with Gasteiger partial charge >= 0.3 is 11.9 Å². The highest BCUT2D eigenvalue weighted by molar-refractivity contribution is 5.76. The summed E-state index contributed by atoms with van der Waals surface area (Å²) in [7, 11) is 1.43. The van der Waals surface area contributed by atoms with E-state index in [9.17, 15) is 9.59 Å². The number of ether oxygens (including phenoxy) is 2. The Labute approximate surface area is 164 Å². The fourth-order valence-corrected chi connectivity index (χ4v) is 5.57. The molecule has 0 aromatic rings. The summed E-state index contributed by atoms with van der Waals surface area (Å²) in [6.45, 7) is 2.38. The van der Waals surface area contributed by atoms with E-state index in [1.807, 2.05) is 0 Å². The minimum absolute atomic E-state index is 0.0756. The van der Waals surface area contributed by atoms with Crippen LogP contribution in [0.1, 0.15) is 90.4 Å². The second-order valence-corrected chi connectivity index (χ2v) is 9.52. The molecule has 27 heavy (non-hydrogen) atoms. The molecule has 2 unspecified atom stereocenters. The third-order valence-corrected chi connectivity index (χ3v) is 7.42. The van der Waals surface area contributed by atoms with Crippen molar-refractivity contribution in [3.05, 3.63) is 0 Å². The average molecular weight is 379 g/mol. The van der Waals surface area contributed by atoms with Gasteiger partial charge < -0.3 is 9.47 Å². The van der Waals surface area contributed by atoms with Crippen LogP contribution in [0.25, 0.3) is 0 Å². The van der Waals surface area contributed by atoms with E-state index in [4.69, 9.17) is 9.47 Å². The molecule has 0 heterocycles. The van der Waals surface area contributed by atoms with Crippen LogP contribution in [0.15, 0.2) is 0 Å². The van der Waals surface area contributed by atoms with Crippen LogP contribution >= 0.6 is 0 Å². The molecule has 0 radical (unpaired) electrons. The lowest BCUT2D eigenvalue weighted by atomic mass is 9.75. The highest BCUT2D eigenvalue weighted by Gasteiger charge is 2.34. The van der Waals surface area contributed by atoms with E-state index in [0.717, 1.165) is 49.9 Å². The van der Waals surface area contributed by atoms with E-state index in [1.165, 1.54) is 52.1 Å². The van der Waals surface area contributed by atoms with Crippen LogP contribution in [0.5, 0.6) is 0 Å². The van der Waals surface area contributed by atoms with Gasteiger partial charge in [-0.05, 0) is 69.1 Å². The molecule has 0 aliphatic heterocycles. The summed E-state index contributed by atoms with van der Waals surface area (Å²) in [6.07, 6.45) is 14.8. The lowest BCUT2D eigenvalue weighted by Crippen LogP contribution is -2.33. The van der Waals surface area contributed by atoms with Crippen LogP contribution in [0.2, 0.25) is 0 Å². The predicted octanol–water partition coefficient (Wildman–Crippen LogP) is 5.28. The second-order valence-electron chi connectivity index (χ2n) is 9.52. The molecule has 3 fully saturated rings. The van der Waals surface area contributed by atoms with Gasteiger partial charge in [0.25, 0.3) is 0 Å². The lowest BCUT2D eigenvalue weighted by molar-refractivity contribution is -0.159. The van der Waals surface area contributed by atoms with Crippen molar-refractivity contribution in [2.75, 3.05) is 7.11 Å². The van der Waals surface area contributed by atoms with E-state index < -0.39 is 0 Å². The third kappa shape index (κ3) is 5.96. The van der Waals surface area contributed by atoms with E-state index >= 15 is 0 Å². The Balaban J connectivity index is 1.37. The summed E-state index contributed by atoms with van der Waals surface area (Å²) in [5.74, 6) is 2.19. The topological polar surface area (TPSA) is 52.6 Å². The SMILES string of the molecule is COC(=O)C1CCCC(C(=O)OC2CCC(CC3CCC(C)CC3)CC2)C1. The Morgan fingerprint density at radius 2 is 1.33 bits per heavy atom. The van der Waals surface area contributed by atoms with Crippen molar-refractivity contribution in [3.63, 3.8) is 0 Å². The summed E-state index contributed by atoms with van der Waals surface area (Å²) in [5.41, 5.74) is 0. The molecule has 0 N–H and O–H groups in total. The largest absolute Gasteiger partial charge is 0.469 e. The van der Waals surface area contributed by atoms with Gasteiger partial charge in [0.2, 0.25) is 0 Å². The van der Waals surface area contributed by atoms with Gasteiger partial charge in [0, 0.05) is 0 Å². The maximum absolute atomic E-state index is 12.6. The van der Waals surface area contributed by atoms with E-state index in [-0.39, 0.29) is 29.9 Å². The number of carbonyl (C=O) groups excluding carboxylic acids is 2. The molecule has 3 aliphatic rings. The molecule has 0 bridgehead atoms. The first kappa shape index (κ1) is 20.7. The maximum Gasteiger partial charge on any atom is 0.309 e. The van der Waals surface area contributed by atoms with Crippen molar-refractivity contribution >= 4 is 11.9 Å². The smallest absolute Gasteiger partial charge is 0.309 e. The molecule has 0 aromatic heterocycles. The first-order chi connectivity index (χ1) is 13.0. The Bertz CT molecular complexity index is 487. The van der Waals surface area contributed by atoms with Gasteiger partial charge in [0.15, 0.2) is 0 Å². The Hall–Kier alpha value is -1.06. The molecule has 0 spiro atoms. The highest BCUT2D eigenvalue weighted by atomic mass is 16.5. The maximum atomic E-state index is 12.6. The summed E-state index contributed by atoms with van der Waals surface area (Å²) >= 11 is 0. The number of carbonyl (C=O) groups is 2. The molecule has 4 nitrogen and oxygen atoms in total. The van der Waals surface area contributed by atoms with Gasteiger partial charge in [0.05, 0.1) is 18.9 Å². The fourth-order valence-electron chi connectivity index (χ4n) is 5.57. The Kier molecular flexibility index (Phi) is 7.60. The van der Waals surface area contributed by atoms with Gasteiger partial charge in [-0.3, -0.25) is 9.59 Å². The van der Waals surface area contributed by atoms with Crippen molar-refractivity contribution in [2.45, 2.75) is 96.5 Å². The number of esters is 2. The third-order valence-electron chi connectivity index (χ3n) is 7.42. The summed E-state index contributed by atoms with van der Waals surface area (Å²) in [6, 6.07) is 0. The molecule has 3 saturated carbocycles. The summed E-state index contributed by atoms with van der Waals surface area (Å²) in [4.78, 5) is 24.3. The molecule has 0 amide bonds. The van der Waals surface area contributed by atoms with Crippen LogP contribution in [0.4, 0.5) is 0 Å². The van der Waals surface area contributed by atoms with Crippen molar-refractivity contribution < 1.29 is 19.1 Å². The second kappa shape index (κ2) is 9.93. The number of methoxy groups -OCH3 is 1. The van der Waals surface area contributed by atoms with Crippen LogP contribution < -0.4 is 0 Å². The molecular weight excluding hydrogens is 340 g/mol. The quantitative estimate of drug-likeness (QED) is 0.610. The minimum atomic E-state index is -0.176. The van der Waals surface area contributed by atoms with Crippen molar-refractivity contribution in [1.29, 1.82) is 0 Å². The van der Waals surface area contributed by atoms with E-state index in [1.54, 1.807) is 0 Å². The first-order valence-corrected chi connectivity index (χ1v) is 11.3. The van der Waals surface area contributed by atoms with Gasteiger partial charge in [-0.2, -0.15) is 0 Å². The van der Waals surface area contributed by atoms with Gasteiger partial charge in [-0.1, -0.05) is 39.0 Å². The molecule has 154 valence electrons. The van der Waals surface area contributed by atoms with Gasteiger partial charge in [-0.15, -0.1) is 0 Å². The number of hydrogen-bond donors (Lipinski definition) is 0. The van der Waals surface area contributed by atoms with Crippen molar-refractivity contribution in [2.24, 2.45) is 29.6 Å². The van der Waals surface area contributed by atoms with Crippen molar-refractivity contribution in [3.8, 4) is 0 Å². The predicted molar refractivity (Wildman–Crippen MR) is 105 cm³/mol. The standard InChI is InChI=1S/C23H38O4/c1-16-6-8-17(9-7-16)14-18-10-12-21(13-11-18)27-23(25)20-5-3-4-19(15-20)22(24)26-2/h16-21H,3-15H2,1-2H3. The van der Waals surface area contributed by atoms with Crippen LogP contribution in [0, 0.1) is 29.6 Å². The minimum Gasteiger partial charge on any atom is -0.469 e. The molecule has 0 saturated heterocycles. The molecular formula is C23H38O4. The Morgan fingerprint density at radius 3 is 1.93 bits per heavy atom.